The molecule has 2 heterocycles. The number of rotatable bonds is 7. The zero-order valence-electron chi connectivity index (χ0n) is 33.9. The molecule has 0 unspecified atom stereocenters. The van der Waals surface area contributed by atoms with Crippen LogP contribution in [0.1, 0.15) is 106 Å². The van der Waals surface area contributed by atoms with E-state index >= 15 is 0 Å². The Morgan fingerprint density at radius 1 is 0.750 bits per heavy atom. The number of fused-ring (bicyclic) bond motifs is 7. The molecule has 56 heavy (non-hydrogen) atoms. The van der Waals surface area contributed by atoms with E-state index < -0.39 is 108 Å². The molecule has 8 N–H and O–H groups in total. The van der Waals surface area contributed by atoms with Crippen LogP contribution < -0.4 is 0 Å². The van der Waals surface area contributed by atoms with Gasteiger partial charge in [-0.05, 0) is 111 Å². The predicted octanol–water partition coefficient (Wildman–Crippen LogP) is 2.83. The summed E-state index contributed by atoms with van der Waals surface area (Å²) in [6, 6.07) is 0. The number of carbonyl (C=O) groups is 2. The number of aliphatic hydroxyl groups excluding tert-OH is 6. The van der Waals surface area contributed by atoms with E-state index in [9.17, 15) is 50.4 Å². The molecule has 0 amide bonds. The summed E-state index contributed by atoms with van der Waals surface area (Å²) in [7, 11) is 0. The maximum absolute atomic E-state index is 14.0. The van der Waals surface area contributed by atoms with Crippen molar-refractivity contribution in [2.45, 2.75) is 174 Å². The van der Waals surface area contributed by atoms with Crippen molar-refractivity contribution in [3.8, 4) is 0 Å². The minimum absolute atomic E-state index is 0.0190. The van der Waals surface area contributed by atoms with Crippen LogP contribution in [-0.2, 0) is 28.5 Å². The lowest BCUT2D eigenvalue weighted by molar-refractivity contribution is -0.366. The Balaban J connectivity index is 1.14. The van der Waals surface area contributed by atoms with Gasteiger partial charge in [0, 0.05) is 0 Å². The van der Waals surface area contributed by atoms with Gasteiger partial charge in [0.1, 0.15) is 42.7 Å². The van der Waals surface area contributed by atoms with Crippen LogP contribution in [0.3, 0.4) is 0 Å². The van der Waals surface area contributed by atoms with Crippen molar-refractivity contribution in [3.63, 3.8) is 0 Å². The van der Waals surface area contributed by atoms with Crippen molar-refractivity contribution in [1.29, 1.82) is 0 Å². The van der Waals surface area contributed by atoms with Crippen LogP contribution in [0.25, 0.3) is 0 Å². The first-order valence-corrected chi connectivity index (χ1v) is 20.9. The van der Waals surface area contributed by atoms with Crippen molar-refractivity contribution >= 4 is 11.9 Å². The largest absolute Gasteiger partial charge is 0.481 e. The van der Waals surface area contributed by atoms with E-state index in [1.165, 1.54) is 0 Å². The van der Waals surface area contributed by atoms with Gasteiger partial charge in [0.05, 0.1) is 29.6 Å². The van der Waals surface area contributed by atoms with Gasteiger partial charge in [-0.25, -0.2) is 0 Å². The number of hydrogen-bond acceptors (Lipinski definition) is 12. The summed E-state index contributed by atoms with van der Waals surface area (Å²) in [6.45, 7) is 14.0. The van der Waals surface area contributed by atoms with E-state index in [4.69, 9.17) is 18.9 Å². The molecule has 0 radical (unpaired) electrons. The second kappa shape index (κ2) is 14.5. The molecule has 0 spiro atoms. The monoisotopic (exact) mass is 794 g/mol. The summed E-state index contributed by atoms with van der Waals surface area (Å²) in [4.78, 5) is 27.1. The van der Waals surface area contributed by atoms with Crippen LogP contribution in [0.15, 0.2) is 11.6 Å². The fraction of sp³-hybridized carbons (Fsp3) is 0.905. The minimum atomic E-state index is -1.73. The second-order valence-corrected chi connectivity index (χ2v) is 20.0. The van der Waals surface area contributed by atoms with Gasteiger partial charge >= 0.3 is 11.9 Å². The van der Waals surface area contributed by atoms with Gasteiger partial charge < -0.3 is 59.8 Å². The minimum Gasteiger partial charge on any atom is -0.481 e. The molecule has 5 aliphatic carbocycles. The van der Waals surface area contributed by atoms with Crippen LogP contribution in [0.5, 0.6) is 0 Å². The topological polar surface area (TPSA) is 233 Å². The number of ether oxygens (including phenoxy) is 4. The Kier molecular flexibility index (Phi) is 11.0. The maximum Gasteiger partial charge on any atom is 0.314 e. The van der Waals surface area contributed by atoms with E-state index in [1.54, 1.807) is 6.92 Å². The number of carboxylic acids is 2. The van der Waals surface area contributed by atoms with Gasteiger partial charge in [-0.3, -0.25) is 9.59 Å². The summed E-state index contributed by atoms with van der Waals surface area (Å²) >= 11 is 0. The lowest BCUT2D eigenvalue weighted by atomic mass is 9.33. The summed E-state index contributed by atoms with van der Waals surface area (Å²) < 4.78 is 24.1. The second-order valence-electron chi connectivity index (χ2n) is 20.0. The Morgan fingerprint density at radius 3 is 2.07 bits per heavy atom. The van der Waals surface area contributed by atoms with Crippen LogP contribution in [0.4, 0.5) is 0 Å². The molecule has 7 aliphatic rings. The summed E-state index contributed by atoms with van der Waals surface area (Å²) in [6.07, 6.45) is -7.03. The summed E-state index contributed by atoms with van der Waals surface area (Å²) in [5.41, 5.74) is -2.61. The molecular formula is C42H66O14. The van der Waals surface area contributed by atoms with Crippen molar-refractivity contribution in [2.24, 2.45) is 56.7 Å². The van der Waals surface area contributed by atoms with Gasteiger partial charge in [-0.2, -0.15) is 0 Å². The average Bonchev–Trinajstić information content (AvgIpc) is 3.14. The first-order chi connectivity index (χ1) is 26.1. The molecule has 2 saturated heterocycles. The molecule has 14 nitrogen and oxygen atoms in total. The smallest absolute Gasteiger partial charge is 0.314 e. The normalized spacial score (nSPS) is 54.1. The predicted molar refractivity (Wildman–Crippen MR) is 198 cm³/mol. The van der Waals surface area contributed by atoms with Crippen LogP contribution in [-0.4, -0.2) is 127 Å². The highest BCUT2D eigenvalue weighted by Crippen LogP contribution is 2.76. The molecule has 6 fully saturated rings. The lowest BCUT2D eigenvalue weighted by Gasteiger charge is -2.70. The Bertz CT molecular complexity index is 1550. The average molecular weight is 795 g/mol. The molecule has 7 rings (SSSR count). The number of aliphatic hydroxyl groups is 6. The molecule has 4 saturated carbocycles. The van der Waals surface area contributed by atoms with Crippen molar-refractivity contribution in [3.05, 3.63) is 11.6 Å². The standard InChI is InChI=1S/C42H66O14/c1-19-10-15-41(36(49)50)16-17-42(37(51)52)22(27(41)20(19)2)8-9-25-39(6)13-12-26(38(4,5)24(39)11-14-40(25,42)7)55-35-32(48)33(28(44)21(3)53-35)56-34-31(47)30(46)29(45)23(18-43)54-34/h8,19-21,23-35,43-48H,9-18H2,1-7H3,(H,49,50)(H,51,52)/t19-,20+,21+,23-,24-,25-,26+,27-,28-,29-,30+,31+,32-,33+,34+,35+,39-,40+,41-,42+/m0/s1. The summed E-state index contributed by atoms with van der Waals surface area (Å²) in [5, 5.41) is 85.6. The number of allylic oxidation sites excluding steroid dienone is 1. The Morgan fingerprint density at radius 2 is 1.43 bits per heavy atom. The van der Waals surface area contributed by atoms with Crippen LogP contribution in [0.2, 0.25) is 0 Å². The first kappa shape index (κ1) is 42.4. The third-order valence-electron chi connectivity index (χ3n) is 17.4. The molecule has 0 bridgehead atoms. The molecule has 318 valence electrons. The van der Waals surface area contributed by atoms with E-state index in [0.717, 1.165) is 24.8 Å². The molecule has 0 aromatic rings. The van der Waals surface area contributed by atoms with Crippen LogP contribution >= 0.6 is 0 Å². The molecule has 0 aromatic heterocycles. The molecular weight excluding hydrogens is 728 g/mol. The number of aliphatic carboxylic acids is 2. The molecule has 20 atom stereocenters. The van der Waals surface area contributed by atoms with Gasteiger partial charge in [-0.15, -0.1) is 0 Å². The molecule has 14 heteroatoms. The number of carboxylic acid groups (broad SMARTS) is 2. The zero-order valence-corrected chi connectivity index (χ0v) is 33.9. The van der Waals surface area contributed by atoms with Gasteiger partial charge in [-0.1, -0.05) is 53.2 Å². The Labute approximate surface area is 329 Å². The molecule has 0 aromatic carbocycles. The van der Waals surface area contributed by atoms with Crippen LogP contribution in [0, 0.1) is 56.7 Å². The fourth-order valence-corrected chi connectivity index (χ4v) is 14.0. The zero-order chi connectivity index (χ0) is 41.1. The number of hydrogen-bond donors (Lipinski definition) is 8. The fourth-order valence-electron chi connectivity index (χ4n) is 14.0. The van der Waals surface area contributed by atoms with E-state index in [2.05, 4.69) is 47.6 Å². The van der Waals surface area contributed by atoms with Crippen molar-refractivity contribution in [2.75, 3.05) is 6.61 Å². The highest BCUT2D eigenvalue weighted by molar-refractivity contribution is 5.84. The highest BCUT2D eigenvalue weighted by Gasteiger charge is 2.73. The quantitative estimate of drug-likeness (QED) is 0.137. The SMILES string of the molecule is C[C@H]1[C@H]2C3=CC[C@H]4[C@@]5(C)CC[C@@H](O[C@H]6O[C@H](C)[C@H](O)[C@@H](O[C@H]7O[C@@H](CO)[C@H](O)[C@@H](O)[C@H]7O)[C@@H]6O)C(C)(C)[C@@H]5CC[C@@]4(C)[C@]3(C(=O)O)CC[C@@]2(C(=O)O)CC[C@@H]1C. The van der Waals surface area contributed by atoms with Crippen molar-refractivity contribution in [1.82, 2.24) is 0 Å². The lowest BCUT2D eigenvalue weighted by Crippen LogP contribution is -2.68. The highest BCUT2D eigenvalue weighted by atomic mass is 16.7. The van der Waals surface area contributed by atoms with Crippen molar-refractivity contribution < 1.29 is 69.4 Å². The summed E-state index contributed by atoms with van der Waals surface area (Å²) in [5.74, 6) is -1.49. The van der Waals surface area contributed by atoms with E-state index in [-0.39, 0.29) is 29.1 Å². The van der Waals surface area contributed by atoms with Gasteiger partial charge in [0.15, 0.2) is 12.6 Å². The maximum atomic E-state index is 14.0. The first-order valence-electron chi connectivity index (χ1n) is 20.9. The van der Waals surface area contributed by atoms with Gasteiger partial charge in [0.2, 0.25) is 0 Å². The third kappa shape index (κ3) is 5.85. The van der Waals surface area contributed by atoms with E-state index in [1.807, 2.05) is 0 Å². The Hall–Kier alpha value is -1.72. The van der Waals surface area contributed by atoms with E-state index in [0.29, 0.717) is 44.4 Å². The molecule has 2 aliphatic heterocycles. The van der Waals surface area contributed by atoms with Gasteiger partial charge in [0.25, 0.3) is 0 Å². The third-order valence-corrected chi connectivity index (χ3v) is 17.4.